The molecule has 0 aliphatic carbocycles. The Morgan fingerprint density at radius 2 is 1.64 bits per heavy atom. The van der Waals surface area contributed by atoms with Gasteiger partial charge in [-0.15, -0.1) is 0 Å². The van der Waals surface area contributed by atoms with Crippen LogP contribution in [0.4, 0.5) is 25.0 Å². The van der Waals surface area contributed by atoms with Gasteiger partial charge in [0.1, 0.15) is 5.69 Å². The molecule has 0 saturated carbocycles. The molecular formula is C16H17F2N3O3S. The van der Waals surface area contributed by atoms with Crippen molar-refractivity contribution in [1.82, 2.24) is 5.32 Å². The molecule has 0 atom stereocenters. The van der Waals surface area contributed by atoms with E-state index in [0.29, 0.717) is 9.99 Å². The molecule has 0 aliphatic heterocycles. The van der Waals surface area contributed by atoms with Crippen LogP contribution in [0.15, 0.2) is 48.5 Å². The summed E-state index contributed by atoms with van der Waals surface area (Å²) >= 11 is 0. The third kappa shape index (κ3) is 5.15. The van der Waals surface area contributed by atoms with Gasteiger partial charge in [-0.1, -0.05) is 24.3 Å². The maximum absolute atomic E-state index is 13.9. The molecule has 2 rings (SSSR count). The summed E-state index contributed by atoms with van der Waals surface area (Å²) in [5, 5.41) is 4.99. The van der Waals surface area contributed by atoms with E-state index in [1.165, 1.54) is 0 Å². The van der Waals surface area contributed by atoms with Crippen LogP contribution in [0.2, 0.25) is 0 Å². The average molecular weight is 369 g/mol. The number of nitrogens with one attached hydrogen (secondary N) is 2. The van der Waals surface area contributed by atoms with Gasteiger partial charge >= 0.3 is 6.03 Å². The van der Waals surface area contributed by atoms with Gasteiger partial charge in [0.15, 0.2) is 11.6 Å². The molecule has 2 N–H and O–H groups in total. The zero-order chi connectivity index (χ0) is 18.4. The number of hydrogen-bond donors (Lipinski definition) is 2. The Morgan fingerprint density at radius 3 is 2.20 bits per heavy atom. The van der Waals surface area contributed by atoms with Gasteiger partial charge in [-0.25, -0.2) is 22.0 Å². The first-order valence-corrected chi connectivity index (χ1v) is 9.15. The van der Waals surface area contributed by atoms with Crippen molar-refractivity contribution in [3.05, 3.63) is 60.2 Å². The number of benzene rings is 2. The van der Waals surface area contributed by atoms with E-state index < -0.39 is 33.4 Å². The number of carbonyl (C=O) groups excluding carboxylic acids is 1. The summed E-state index contributed by atoms with van der Waals surface area (Å²) in [4.78, 5) is 11.8. The standard InChI is InChI=1S/C16H17F2N3O3S/c1-25(23,24)21(15-13(17)8-5-9-14(15)18)11-10-19-16(22)20-12-6-3-2-4-7-12/h2-9H,10-11H2,1H3,(H2,19,20,22). The third-order valence-electron chi connectivity index (χ3n) is 3.22. The minimum atomic E-state index is -3.94. The smallest absolute Gasteiger partial charge is 0.319 e. The Kier molecular flexibility index (Phi) is 5.92. The molecule has 0 fully saturated rings. The lowest BCUT2D eigenvalue weighted by Crippen LogP contribution is -2.40. The van der Waals surface area contributed by atoms with Gasteiger partial charge in [0.2, 0.25) is 10.0 Å². The number of amides is 2. The molecule has 0 bridgehead atoms. The summed E-state index contributed by atoms with van der Waals surface area (Å²) in [7, 11) is -3.94. The molecule has 134 valence electrons. The van der Waals surface area contributed by atoms with Crippen LogP contribution >= 0.6 is 0 Å². The molecule has 0 spiro atoms. The molecule has 2 aromatic carbocycles. The van der Waals surface area contributed by atoms with Crippen molar-refractivity contribution in [3.8, 4) is 0 Å². The van der Waals surface area contributed by atoms with Crippen molar-refractivity contribution in [2.75, 3.05) is 29.0 Å². The summed E-state index contributed by atoms with van der Waals surface area (Å²) in [6.45, 7) is -0.460. The molecule has 2 amide bonds. The number of anilines is 2. The van der Waals surface area contributed by atoms with Crippen molar-refractivity contribution in [3.63, 3.8) is 0 Å². The lowest BCUT2D eigenvalue weighted by molar-refractivity contribution is 0.252. The Morgan fingerprint density at radius 1 is 1.04 bits per heavy atom. The first-order valence-electron chi connectivity index (χ1n) is 7.30. The monoisotopic (exact) mass is 369 g/mol. The number of carbonyl (C=O) groups is 1. The highest BCUT2D eigenvalue weighted by molar-refractivity contribution is 7.92. The average Bonchev–Trinajstić information content (AvgIpc) is 2.53. The van der Waals surface area contributed by atoms with E-state index in [9.17, 15) is 22.0 Å². The van der Waals surface area contributed by atoms with Gasteiger partial charge in [0.05, 0.1) is 12.8 Å². The number of urea groups is 1. The van der Waals surface area contributed by atoms with E-state index in [-0.39, 0.29) is 13.1 Å². The number of halogens is 2. The number of nitrogens with zero attached hydrogens (tertiary/aromatic N) is 1. The molecule has 25 heavy (non-hydrogen) atoms. The minimum absolute atomic E-state index is 0.139. The van der Waals surface area contributed by atoms with E-state index in [1.807, 2.05) is 0 Å². The minimum Gasteiger partial charge on any atom is -0.336 e. The molecule has 0 unspecified atom stereocenters. The molecule has 9 heteroatoms. The molecule has 2 aromatic rings. The van der Waals surface area contributed by atoms with Crippen LogP contribution in [0.1, 0.15) is 0 Å². The molecule has 0 aromatic heterocycles. The lowest BCUT2D eigenvalue weighted by Gasteiger charge is -2.23. The second-order valence-electron chi connectivity index (χ2n) is 5.15. The second kappa shape index (κ2) is 7.93. The Hall–Kier alpha value is -2.68. The Labute approximate surface area is 144 Å². The van der Waals surface area contributed by atoms with Crippen LogP contribution in [-0.4, -0.2) is 33.8 Å². The van der Waals surface area contributed by atoms with Crippen molar-refractivity contribution < 1.29 is 22.0 Å². The topological polar surface area (TPSA) is 78.5 Å². The van der Waals surface area contributed by atoms with Gasteiger partial charge in [-0.05, 0) is 24.3 Å². The van der Waals surface area contributed by atoms with Crippen LogP contribution in [0, 0.1) is 11.6 Å². The molecule has 0 heterocycles. The molecule has 0 aliphatic rings. The number of hydrogen-bond acceptors (Lipinski definition) is 3. The molecular weight excluding hydrogens is 352 g/mol. The number of sulfonamides is 1. The van der Waals surface area contributed by atoms with Crippen LogP contribution in [0.3, 0.4) is 0 Å². The quantitative estimate of drug-likeness (QED) is 0.821. The highest BCUT2D eigenvalue weighted by Crippen LogP contribution is 2.24. The first-order chi connectivity index (χ1) is 11.8. The molecule has 0 radical (unpaired) electrons. The Bertz CT molecular complexity index is 825. The predicted octanol–water partition coefficient (Wildman–Crippen LogP) is 2.55. The van der Waals surface area contributed by atoms with Crippen molar-refractivity contribution in [1.29, 1.82) is 0 Å². The highest BCUT2D eigenvalue weighted by atomic mass is 32.2. The van der Waals surface area contributed by atoms with E-state index in [4.69, 9.17) is 0 Å². The SMILES string of the molecule is CS(=O)(=O)N(CCNC(=O)Nc1ccccc1)c1c(F)cccc1F. The van der Waals surface area contributed by atoms with E-state index in [2.05, 4.69) is 10.6 Å². The highest BCUT2D eigenvalue weighted by Gasteiger charge is 2.24. The van der Waals surface area contributed by atoms with E-state index >= 15 is 0 Å². The summed E-state index contributed by atoms with van der Waals surface area (Å²) in [5.74, 6) is -2.00. The van der Waals surface area contributed by atoms with Crippen molar-refractivity contribution in [2.24, 2.45) is 0 Å². The summed E-state index contributed by atoms with van der Waals surface area (Å²) in [6.07, 6.45) is 0.836. The van der Waals surface area contributed by atoms with Crippen LogP contribution in [0.25, 0.3) is 0 Å². The third-order valence-corrected chi connectivity index (χ3v) is 4.39. The van der Waals surface area contributed by atoms with Gasteiger partial charge in [-0.2, -0.15) is 0 Å². The van der Waals surface area contributed by atoms with Crippen LogP contribution in [-0.2, 0) is 10.0 Å². The van der Waals surface area contributed by atoms with E-state index in [1.54, 1.807) is 30.3 Å². The largest absolute Gasteiger partial charge is 0.336 e. The predicted molar refractivity (Wildman–Crippen MR) is 92.0 cm³/mol. The normalized spacial score (nSPS) is 11.0. The molecule has 0 saturated heterocycles. The fraction of sp³-hybridized carbons (Fsp3) is 0.188. The maximum atomic E-state index is 13.9. The zero-order valence-corrected chi connectivity index (χ0v) is 14.2. The summed E-state index contributed by atoms with van der Waals surface area (Å²) in [5.41, 5.74) is -0.115. The lowest BCUT2D eigenvalue weighted by atomic mass is 10.3. The van der Waals surface area contributed by atoms with E-state index in [0.717, 1.165) is 24.5 Å². The summed E-state index contributed by atoms with van der Waals surface area (Å²) in [6, 6.07) is 11.1. The summed E-state index contributed by atoms with van der Waals surface area (Å²) < 4.78 is 52.0. The van der Waals surface area contributed by atoms with Gasteiger partial charge < -0.3 is 10.6 Å². The van der Waals surface area contributed by atoms with Crippen LogP contribution < -0.4 is 14.9 Å². The number of rotatable bonds is 6. The van der Waals surface area contributed by atoms with Crippen molar-refractivity contribution in [2.45, 2.75) is 0 Å². The Balaban J connectivity index is 2.03. The maximum Gasteiger partial charge on any atom is 0.319 e. The van der Waals surface area contributed by atoms with Crippen LogP contribution in [0.5, 0.6) is 0 Å². The fourth-order valence-corrected chi connectivity index (χ4v) is 3.07. The fourth-order valence-electron chi connectivity index (χ4n) is 2.14. The second-order valence-corrected chi connectivity index (χ2v) is 7.06. The van der Waals surface area contributed by atoms with Crippen molar-refractivity contribution >= 4 is 27.4 Å². The first kappa shape index (κ1) is 18.7. The molecule has 6 nitrogen and oxygen atoms in total. The van der Waals surface area contributed by atoms with Gasteiger partial charge in [0.25, 0.3) is 0 Å². The number of para-hydroxylation sites is 2. The van der Waals surface area contributed by atoms with Gasteiger partial charge in [0, 0.05) is 12.2 Å². The zero-order valence-electron chi connectivity index (χ0n) is 13.4. The van der Waals surface area contributed by atoms with Gasteiger partial charge in [-0.3, -0.25) is 4.31 Å².